The van der Waals surface area contributed by atoms with Gasteiger partial charge in [-0.05, 0) is 6.07 Å². The third kappa shape index (κ3) is 2.77. The number of ketones is 1. The van der Waals surface area contributed by atoms with E-state index in [9.17, 15) is 22.4 Å². The van der Waals surface area contributed by atoms with E-state index in [1.807, 2.05) is 0 Å². The molecule has 0 spiro atoms. The van der Waals surface area contributed by atoms with Crippen LogP contribution >= 0.6 is 0 Å². The highest BCUT2D eigenvalue weighted by Gasteiger charge is 2.29. The molecule has 2 aromatic carbocycles. The quantitative estimate of drug-likeness (QED) is 0.639. The van der Waals surface area contributed by atoms with E-state index in [1.165, 1.54) is 24.3 Å². The van der Waals surface area contributed by atoms with Crippen molar-refractivity contribution in [3.8, 4) is 6.07 Å². The summed E-state index contributed by atoms with van der Waals surface area (Å²) in [5.41, 5.74) is -1.36. The molecule has 0 aliphatic heterocycles. The topological polar surface area (TPSA) is 40.9 Å². The highest BCUT2D eigenvalue weighted by Crippen LogP contribution is 2.26. The molecule has 2 nitrogen and oxygen atoms in total. The number of halogens is 4. The molecule has 106 valence electrons. The molecule has 0 aliphatic rings. The number of nitrogens with zero attached hydrogens (tertiary/aromatic N) is 1. The number of carbonyl (C=O) groups is 1. The molecule has 2 rings (SSSR count). The molecule has 21 heavy (non-hydrogen) atoms. The lowest BCUT2D eigenvalue weighted by molar-refractivity contribution is 0.0969. The van der Waals surface area contributed by atoms with Crippen LogP contribution < -0.4 is 0 Å². The average molecular weight is 293 g/mol. The van der Waals surface area contributed by atoms with Gasteiger partial charge in [-0.1, -0.05) is 18.2 Å². The Hall–Kier alpha value is -2.68. The zero-order valence-corrected chi connectivity index (χ0v) is 10.4. The van der Waals surface area contributed by atoms with E-state index in [4.69, 9.17) is 5.26 Å². The maximum Gasteiger partial charge on any atom is 0.190 e. The van der Waals surface area contributed by atoms with Gasteiger partial charge in [-0.25, -0.2) is 17.6 Å². The van der Waals surface area contributed by atoms with Crippen molar-refractivity contribution in [2.45, 2.75) is 5.92 Å². The SMILES string of the molecule is N#CC(C(=O)c1c(F)cc(F)cc1F)c1ccccc1F. The second-order valence-electron chi connectivity index (χ2n) is 4.19. The largest absolute Gasteiger partial charge is 0.292 e. The summed E-state index contributed by atoms with van der Waals surface area (Å²) < 4.78 is 53.6. The van der Waals surface area contributed by atoms with Crippen LogP contribution in [0.3, 0.4) is 0 Å². The number of hydrogen-bond acceptors (Lipinski definition) is 2. The van der Waals surface area contributed by atoms with Crippen molar-refractivity contribution in [1.82, 2.24) is 0 Å². The molecular weight excluding hydrogens is 286 g/mol. The first-order valence-corrected chi connectivity index (χ1v) is 5.78. The number of carbonyl (C=O) groups excluding carboxylic acids is 1. The fourth-order valence-electron chi connectivity index (χ4n) is 1.90. The van der Waals surface area contributed by atoms with Crippen molar-refractivity contribution in [2.75, 3.05) is 0 Å². The Bertz CT molecular complexity index is 729. The van der Waals surface area contributed by atoms with E-state index in [0.29, 0.717) is 12.1 Å². The summed E-state index contributed by atoms with van der Waals surface area (Å²) in [5.74, 6) is -7.90. The first kappa shape index (κ1) is 14.7. The van der Waals surface area contributed by atoms with Crippen LogP contribution in [0.5, 0.6) is 0 Å². The first-order valence-electron chi connectivity index (χ1n) is 5.78. The molecule has 0 radical (unpaired) electrons. The van der Waals surface area contributed by atoms with Gasteiger partial charge in [0.15, 0.2) is 5.78 Å². The number of rotatable bonds is 3. The Kier molecular flexibility index (Phi) is 4.03. The first-order chi connectivity index (χ1) is 9.95. The highest BCUT2D eigenvalue weighted by molar-refractivity contribution is 6.03. The minimum absolute atomic E-state index is 0.298. The molecule has 1 atom stereocenters. The number of nitriles is 1. The summed E-state index contributed by atoms with van der Waals surface area (Å²) in [4.78, 5) is 12.1. The molecule has 0 amide bonds. The zero-order valence-electron chi connectivity index (χ0n) is 10.4. The van der Waals surface area contributed by atoms with E-state index in [0.717, 1.165) is 6.07 Å². The van der Waals surface area contributed by atoms with Gasteiger partial charge >= 0.3 is 0 Å². The van der Waals surface area contributed by atoms with Crippen molar-refractivity contribution in [1.29, 1.82) is 5.26 Å². The molecule has 0 N–H and O–H groups in total. The van der Waals surface area contributed by atoms with E-state index in [2.05, 4.69) is 0 Å². The number of benzene rings is 2. The van der Waals surface area contributed by atoms with Crippen LogP contribution in [-0.4, -0.2) is 5.78 Å². The Labute approximate surface area is 117 Å². The lowest BCUT2D eigenvalue weighted by Gasteiger charge is -2.11. The number of hydrogen-bond donors (Lipinski definition) is 0. The van der Waals surface area contributed by atoms with Crippen molar-refractivity contribution in [3.05, 3.63) is 70.8 Å². The van der Waals surface area contributed by atoms with E-state index in [-0.39, 0.29) is 5.56 Å². The van der Waals surface area contributed by atoms with Crippen LogP contribution in [0.1, 0.15) is 21.8 Å². The summed E-state index contributed by atoms with van der Waals surface area (Å²) in [6, 6.07) is 7.07. The summed E-state index contributed by atoms with van der Waals surface area (Å²) in [7, 11) is 0. The van der Waals surface area contributed by atoms with Crippen molar-refractivity contribution >= 4 is 5.78 Å². The average Bonchev–Trinajstić information content (AvgIpc) is 2.40. The molecule has 6 heteroatoms. The van der Waals surface area contributed by atoms with Crippen molar-refractivity contribution in [2.24, 2.45) is 0 Å². The van der Waals surface area contributed by atoms with Gasteiger partial charge in [0.05, 0.1) is 11.6 Å². The molecular formula is C15H7F4NO. The third-order valence-electron chi connectivity index (χ3n) is 2.86. The van der Waals surface area contributed by atoms with Gasteiger partial charge in [-0.15, -0.1) is 0 Å². The van der Waals surface area contributed by atoms with Crippen LogP contribution in [0.25, 0.3) is 0 Å². The minimum Gasteiger partial charge on any atom is -0.292 e. The van der Waals surface area contributed by atoms with Gasteiger partial charge in [-0.2, -0.15) is 5.26 Å². The molecule has 0 fully saturated rings. The van der Waals surface area contributed by atoms with Gasteiger partial charge in [-0.3, -0.25) is 4.79 Å². The lowest BCUT2D eigenvalue weighted by Crippen LogP contribution is -2.16. The number of Topliss-reactive ketones (excluding diaryl/α,β-unsaturated/α-hetero) is 1. The van der Waals surface area contributed by atoms with Crippen molar-refractivity contribution in [3.63, 3.8) is 0 Å². The molecule has 0 aliphatic carbocycles. The van der Waals surface area contributed by atoms with Crippen molar-refractivity contribution < 1.29 is 22.4 Å². The molecule has 0 bridgehead atoms. The van der Waals surface area contributed by atoms with Gasteiger partial charge in [0.25, 0.3) is 0 Å². The lowest BCUT2D eigenvalue weighted by atomic mass is 9.91. The Morgan fingerprint density at radius 1 is 1.00 bits per heavy atom. The molecule has 1 unspecified atom stereocenters. The third-order valence-corrected chi connectivity index (χ3v) is 2.86. The predicted molar refractivity (Wildman–Crippen MR) is 65.4 cm³/mol. The van der Waals surface area contributed by atoms with E-state index in [1.54, 1.807) is 0 Å². The minimum atomic E-state index is -1.72. The smallest absolute Gasteiger partial charge is 0.190 e. The van der Waals surface area contributed by atoms with Crippen LogP contribution in [0.2, 0.25) is 0 Å². The molecule has 0 aromatic heterocycles. The second kappa shape index (κ2) is 5.75. The second-order valence-corrected chi connectivity index (χ2v) is 4.19. The normalized spacial score (nSPS) is 11.8. The maximum atomic E-state index is 13.6. The Morgan fingerprint density at radius 2 is 1.57 bits per heavy atom. The van der Waals surface area contributed by atoms with E-state index < -0.39 is 40.5 Å². The maximum absolute atomic E-state index is 13.6. The van der Waals surface area contributed by atoms with E-state index >= 15 is 0 Å². The summed E-state index contributed by atoms with van der Waals surface area (Å²) in [5, 5.41) is 9.02. The highest BCUT2D eigenvalue weighted by atomic mass is 19.1. The van der Waals surface area contributed by atoms with Crippen LogP contribution in [0, 0.1) is 34.6 Å². The summed E-state index contributed by atoms with van der Waals surface area (Å²) >= 11 is 0. The standard InChI is InChI=1S/C15H7F4NO/c16-8-5-12(18)14(13(19)6-8)15(21)10(7-20)9-3-1-2-4-11(9)17/h1-6,10H. The molecule has 0 saturated carbocycles. The van der Waals surface area contributed by atoms with Crippen LogP contribution in [0.15, 0.2) is 36.4 Å². The molecule has 2 aromatic rings. The van der Waals surface area contributed by atoms with Crippen LogP contribution in [0.4, 0.5) is 17.6 Å². The Morgan fingerprint density at radius 3 is 2.10 bits per heavy atom. The summed E-state index contributed by atoms with van der Waals surface area (Å²) in [6.45, 7) is 0. The van der Waals surface area contributed by atoms with Gasteiger partial charge in [0.1, 0.15) is 29.2 Å². The molecule has 0 saturated heterocycles. The van der Waals surface area contributed by atoms with Gasteiger partial charge < -0.3 is 0 Å². The predicted octanol–water partition coefficient (Wildman–Crippen LogP) is 3.73. The van der Waals surface area contributed by atoms with Gasteiger partial charge in [0.2, 0.25) is 0 Å². The van der Waals surface area contributed by atoms with Gasteiger partial charge in [0, 0.05) is 17.7 Å². The molecule has 0 heterocycles. The monoisotopic (exact) mass is 293 g/mol. The fraction of sp³-hybridized carbons (Fsp3) is 0.0667. The zero-order chi connectivity index (χ0) is 15.6. The summed E-state index contributed by atoms with van der Waals surface area (Å²) in [6.07, 6.45) is 0. The Balaban J connectivity index is 2.53. The fourth-order valence-corrected chi connectivity index (χ4v) is 1.90. The van der Waals surface area contributed by atoms with Crippen LogP contribution in [-0.2, 0) is 0 Å².